The fraction of sp³-hybridized carbons (Fsp3) is 0.692. The van der Waals surface area contributed by atoms with Gasteiger partial charge in [0.25, 0.3) is 0 Å². The second kappa shape index (κ2) is 6.68. The standard InChI is InChI=1S/C13H25N5O/c1-6-18(7-8-19-5)11-9-10(17-14)15-12(16-11)13(2,3)4/h9H,6-8,14H2,1-5H3,(H,15,16,17). The molecule has 0 saturated carbocycles. The number of nitrogens with zero attached hydrogens (tertiary/aromatic N) is 3. The first kappa shape index (κ1) is 15.7. The molecule has 0 atom stereocenters. The van der Waals surface area contributed by atoms with Crippen LogP contribution >= 0.6 is 0 Å². The molecule has 6 heteroatoms. The van der Waals surface area contributed by atoms with E-state index >= 15 is 0 Å². The monoisotopic (exact) mass is 267 g/mol. The van der Waals surface area contributed by atoms with Gasteiger partial charge >= 0.3 is 0 Å². The molecule has 0 aliphatic rings. The Morgan fingerprint density at radius 1 is 1.37 bits per heavy atom. The maximum Gasteiger partial charge on any atom is 0.145 e. The molecule has 0 aliphatic carbocycles. The van der Waals surface area contributed by atoms with Crippen molar-refractivity contribution < 1.29 is 4.74 Å². The van der Waals surface area contributed by atoms with Crippen LogP contribution in [0, 0.1) is 0 Å². The zero-order chi connectivity index (χ0) is 14.5. The van der Waals surface area contributed by atoms with E-state index in [1.165, 1.54) is 0 Å². The minimum absolute atomic E-state index is 0.123. The van der Waals surface area contributed by atoms with Gasteiger partial charge in [-0.15, -0.1) is 0 Å². The number of rotatable bonds is 6. The van der Waals surface area contributed by atoms with Gasteiger partial charge in [0.15, 0.2) is 0 Å². The number of nitrogens with one attached hydrogen (secondary N) is 1. The van der Waals surface area contributed by atoms with E-state index in [2.05, 4.69) is 48.0 Å². The fourth-order valence-corrected chi connectivity index (χ4v) is 1.64. The lowest BCUT2D eigenvalue weighted by molar-refractivity contribution is 0.205. The van der Waals surface area contributed by atoms with Crippen molar-refractivity contribution in [1.82, 2.24) is 9.97 Å². The van der Waals surface area contributed by atoms with Crippen LogP contribution in [0.5, 0.6) is 0 Å². The predicted molar refractivity (Wildman–Crippen MR) is 78.3 cm³/mol. The largest absolute Gasteiger partial charge is 0.383 e. The molecule has 19 heavy (non-hydrogen) atoms. The first-order chi connectivity index (χ1) is 8.92. The molecule has 1 heterocycles. The van der Waals surface area contributed by atoms with E-state index in [0.717, 1.165) is 24.7 Å². The van der Waals surface area contributed by atoms with Crippen LogP contribution in [0.1, 0.15) is 33.5 Å². The maximum atomic E-state index is 5.49. The minimum Gasteiger partial charge on any atom is -0.383 e. The number of likely N-dealkylation sites (N-methyl/N-ethyl adjacent to an activating group) is 1. The van der Waals surface area contributed by atoms with Gasteiger partial charge in [-0.3, -0.25) is 0 Å². The third-order valence-electron chi connectivity index (χ3n) is 2.80. The molecular formula is C13H25N5O. The van der Waals surface area contributed by atoms with E-state index in [-0.39, 0.29) is 5.41 Å². The Bertz CT molecular complexity index is 403. The van der Waals surface area contributed by atoms with Gasteiger partial charge in [0.05, 0.1) is 6.61 Å². The number of ether oxygens (including phenoxy) is 1. The van der Waals surface area contributed by atoms with E-state index in [9.17, 15) is 0 Å². The van der Waals surface area contributed by atoms with Gasteiger partial charge < -0.3 is 15.1 Å². The summed E-state index contributed by atoms with van der Waals surface area (Å²) in [7, 11) is 1.70. The normalized spacial score (nSPS) is 11.5. The highest BCUT2D eigenvalue weighted by atomic mass is 16.5. The summed E-state index contributed by atoms with van der Waals surface area (Å²) in [4.78, 5) is 11.2. The molecule has 0 saturated heterocycles. The summed E-state index contributed by atoms with van der Waals surface area (Å²) in [5.41, 5.74) is 2.48. The van der Waals surface area contributed by atoms with Gasteiger partial charge in [-0.2, -0.15) is 0 Å². The van der Waals surface area contributed by atoms with Crippen LogP contribution < -0.4 is 16.2 Å². The summed E-state index contributed by atoms with van der Waals surface area (Å²) in [6.45, 7) is 10.6. The molecule has 1 rings (SSSR count). The Labute approximate surface area is 115 Å². The third-order valence-corrected chi connectivity index (χ3v) is 2.80. The lowest BCUT2D eigenvalue weighted by Gasteiger charge is -2.25. The zero-order valence-electron chi connectivity index (χ0n) is 12.5. The summed E-state index contributed by atoms with van der Waals surface area (Å²) in [6, 6.07) is 1.86. The lowest BCUT2D eigenvalue weighted by Crippen LogP contribution is -2.29. The van der Waals surface area contributed by atoms with Crippen LogP contribution in [-0.4, -0.2) is 36.8 Å². The number of hydrogen-bond donors (Lipinski definition) is 2. The van der Waals surface area contributed by atoms with E-state index < -0.39 is 0 Å². The summed E-state index contributed by atoms with van der Waals surface area (Å²) < 4.78 is 5.12. The van der Waals surface area contributed by atoms with E-state index in [4.69, 9.17) is 10.6 Å². The molecule has 0 spiro atoms. The summed E-state index contributed by atoms with van der Waals surface area (Å²) in [6.07, 6.45) is 0. The average molecular weight is 267 g/mol. The molecule has 0 bridgehead atoms. The summed E-state index contributed by atoms with van der Waals surface area (Å²) in [5.74, 6) is 7.76. The maximum absolute atomic E-state index is 5.49. The number of aromatic nitrogens is 2. The van der Waals surface area contributed by atoms with E-state index in [1.807, 2.05) is 6.07 Å². The summed E-state index contributed by atoms with van der Waals surface area (Å²) >= 11 is 0. The van der Waals surface area contributed by atoms with Crippen molar-refractivity contribution in [3.05, 3.63) is 11.9 Å². The van der Waals surface area contributed by atoms with Gasteiger partial charge in [0.2, 0.25) is 0 Å². The lowest BCUT2D eigenvalue weighted by atomic mass is 9.96. The van der Waals surface area contributed by atoms with Crippen molar-refractivity contribution in [3.63, 3.8) is 0 Å². The zero-order valence-corrected chi connectivity index (χ0v) is 12.5. The van der Waals surface area contributed by atoms with Crippen LogP contribution in [0.4, 0.5) is 11.6 Å². The first-order valence-corrected chi connectivity index (χ1v) is 6.52. The molecule has 0 amide bonds. The highest BCUT2D eigenvalue weighted by Crippen LogP contribution is 2.23. The predicted octanol–water partition coefficient (Wildman–Crippen LogP) is 1.53. The third kappa shape index (κ3) is 4.33. The van der Waals surface area contributed by atoms with Crippen molar-refractivity contribution in [2.45, 2.75) is 33.1 Å². The topological polar surface area (TPSA) is 76.3 Å². The Balaban J connectivity index is 3.11. The second-order valence-corrected chi connectivity index (χ2v) is 5.40. The number of nitrogen functional groups attached to an aromatic ring is 1. The van der Waals surface area contributed by atoms with Crippen LogP contribution in [-0.2, 0) is 10.2 Å². The Morgan fingerprint density at radius 3 is 2.53 bits per heavy atom. The van der Waals surface area contributed by atoms with Gasteiger partial charge in [-0.05, 0) is 6.92 Å². The molecule has 0 fully saturated rings. The smallest absolute Gasteiger partial charge is 0.145 e. The molecule has 108 valence electrons. The Kier molecular flexibility index (Phi) is 5.50. The quantitative estimate of drug-likeness (QED) is 0.601. The molecule has 3 N–H and O–H groups in total. The first-order valence-electron chi connectivity index (χ1n) is 6.52. The van der Waals surface area contributed by atoms with Crippen molar-refractivity contribution in [1.29, 1.82) is 0 Å². The van der Waals surface area contributed by atoms with Crippen molar-refractivity contribution in [3.8, 4) is 0 Å². The number of hydrogen-bond acceptors (Lipinski definition) is 6. The fourth-order valence-electron chi connectivity index (χ4n) is 1.64. The molecule has 1 aromatic rings. The van der Waals surface area contributed by atoms with Crippen LogP contribution in [0.15, 0.2) is 6.07 Å². The minimum atomic E-state index is -0.123. The van der Waals surface area contributed by atoms with Crippen LogP contribution in [0.3, 0.4) is 0 Å². The number of nitrogens with two attached hydrogens (primary N) is 1. The molecule has 0 aromatic carbocycles. The molecule has 1 aromatic heterocycles. The number of methoxy groups -OCH3 is 1. The van der Waals surface area contributed by atoms with Crippen molar-refractivity contribution in [2.75, 3.05) is 37.1 Å². The van der Waals surface area contributed by atoms with Crippen molar-refractivity contribution in [2.24, 2.45) is 5.84 Å². The SMILES string of the molecule is CCN(CCOC)c1cc(NN)nc(C(C)(C)C)n1. The highest BCUT2D eigenvalue weighted by Gasteiger charge is 2.20. The van der Waals surface area contributed by atoms with E-state index in [1.54, 1.807) is 7.11 Å². The Hall–Kier alpha value is -1.40. The molecule has 0 aliphatic heterocycles. The molecular weight excluding hydrogens is 242 g/mol. The highest BCUT2D eigenvalue weighted by molar-refractivity contribution is 5.49. The van der Waals surface area contributed by atoms with Crippen molar-refractivity contribution >= 4 is 11.6 Å². The van der Waals surface area contributed by atoms with Crippen LogP contribution in [0.2, 0.25) is 0 Å². The molecule has 0 radical (unpaired) electrons. The van der Waals surface area contributed by atoms with Gasteiger partial charge in [0.1, 0.15) is 17.5 Å². The second-order valence-electron chi connectivity index (χ2n) is 5.40. The molecule has 0 unspecified atom stereocenters. The van der Waals surface area contributed by atoms with Gasteiger partial charge in [0, 0.05) is 31.7 Å². The Morgan fingerprint density at radius 2 is 2.05 bits per heavy atom. The number of hydrazine groups is 1. The number of anilines is 2. The van der Waals surface area contributed by atoms with E-state index in [0.29, 0.717) is 12.4 Å². The average Bonchev–Trinajstić information content (AvgIpc) is 2.38. The van der Waals surface area contributed by atoms with Gasteiger partial charge in [-0.25, -0.2) is 15.8 Å². The van der Waals surface area contributed by atoms with Crippen LogP contribution in [0.25, 0.3) is 0 Å². The van der Waals surface area contributed by atoms with Gasteiger partial charge in [-0.1, -0.05) is 20.8 Å². The summed E-state index contributed by atoms with van der Waals surface area (Å²) in [5, 5.41) is 0. The molecule has 6 nitrogen and oxygen atoms in total.